The summed E-state index contributed by atoms with van der Waals surface area (Å²) in [6, 6.07) is 17.6. The summed E-state index contributed by atoms with van der Waals surface area (Å²) in [5.41, 5.74) is 0.777. The number of allylic oxidation sites excluding steroid dienone is 1. The van der Waals surface area contributed by atoms with Gasteiger partial charge in [0.1, 0.15) is 17.4 Å². The molecule has 9 heteroatoms. The number of halogens is 2. The zero-order valence-corrected chi connectivity index (χ0v) is 22.9. The number of piperidine rings is 1. The Kier molecular flexibility index (Phi) is 8.08. The normalized spacial score (nSPS) is 23.0. The largest absolute Gasteiger partial charge is 0.371 e. The number of anilines is 2. The minimum atomic E-state index is -1.78. The Morgan fingerprint density at radius 1 is 0.951 bits per heavy atom. The van der Waals surface area contributed by atoms with Crippen LogP contribution < -0.4 is 15.5 Å². The highest BCUT2D eigenvalue weighted by Crippen LogP contribution is 2.39. The van der Waals surface area contributed by atoms with Crippen molar-refractivity contribution in [2.45, 2.75) is 62.6 Å². The molecular formula is C32H34F2N6O. The van der Waals surface area contributed by atoms with E-state index in [1.807, 2.05) is 24.3 Å². The van der Waals surface area contributed by atoms with Gasteiger partial charge < -0.3 is 20.9 Å². The Labute approximate surface area is 239 Å². The quantitative estimate of drug-likeness (QED) is 0.339. The van der Waals surface area contributed by atoms with Crippen LogP contribution in [-0.2, 0) is 4.79 Å². The van der Waals surface area contributed by atoms with Gasteiger partial charge in [-0.05, 0) is 67.6 Å². The molecule has 0 bridgehead atoms. The van der Waals surface area contributed by atoms with Crippen molar-refractivity contribution >= 4 is 28.6 Å². The highest BCUT2D eigenvalue weighted by atomic mass is 19.1. The molecule has 1 heterocycles. The average molecular weight is 557 g/mol. The van der Waals surface area contributed by atoms with Crippen LogP contribution in [0.3, 0.4) is 0 Å². The molecule has 1 aliphatic heterocycles. The number of nitriles is 2. The van der Waals surface area contributed by atoms with Gasteiger partial charge in [0.25, 0.3) is 0 Å². The fourth-order valence-electron chi connectivity index (χ4n) is 5.81. The van der Waals surface area contributed by atoms with Gasteiger partial charge in [0.2, 0.25) is 5.91 Å². The molecule has 3 N–H and O–H groups in total. The number of benzene rings is 2. The number of hydrogen-bond donors (Lipinski definition) is 3. The first-order valence-electron chi connectivity index (χ1n) is 14.2. The maximum atomic E-state index is 14.4. The van der Waals surface area contributed by atoms with E-state index in [1.54, 1.807) is 24.4 Å². The molecule has 2 atom stereocenters. The lowest BCUT2D eigenvalue weighted by Crippen LogP contribution is -2.44. The van der Waals surface area contributed by atoms with Gasteiger partial charge in [-0.2, -0.15) is 10.5 Å². The molecule has 2 saturated carbocycles. The summed E-state index contributed by atoms with van der Waals surface area (Å²) in [6.07, 6.45) is 6.51. The van der Waals surface area contributed by atoms with Crippen LogP contribution in [0, 0.1) is 45.7 Å². The molecule has 0 unspecified atom stereocenters. The van der Waals surface area contributed by atoms with Gasteiger partial charge in [0, 0.05) is 66.6 Å². The number of carbonyl (C=O) groups is 1. The zero-order chi connectivity index (χ0) is 29.0. The molecule has 0 aromatic heterocycles. The van der Waals surface area contributed by atoms with E-state index < -0.39 is 17.1 Å². The van der Waals surface area contributed by atoms with Crippen molar-refractivity contribution < 1.29 is 13.6 Å². The summed E-state index contributed by atoms with van der Waals surface area (Å²) in [5.74, 6) is -1.22. The first kappa shape index (κ1) is 28.3. The van der Waals surface area contributed by atoms with Crippen LogP contribution in [0.2, 0.25) is 0 Å². The molecule has 212 valence electrons. The third-order valence-electron chi connectivity index (χ3n) is 8.62. The number of alkyl halides is 1. The van der Waals surface area contributed by atoms with E-state index >= 15 is 0 Å². The van der Waals surface area contributed by atoms with E-state index in [9.17, 15) is 24.2 Å². The SMILES string of the molecule is N#CC1(F)CCN(c2ccc(/C(=C/Nc3ccc(F)cc3)C(=N)[C@@H]3CCCC[C@H]3C(=O)NC3(C#N)CC3)cc2)CC1. The molecule has 1 amide bonds. The third-order valence-corrected chi connectivity index (χ3v) is 8.62. The van der Waals surface area contributed by atoms with Crippen LogP contribution in [0.4, 0.5) is 20.2 Å². The Morgan fingerprint density at radius 3 is 2.17 bits per heavy atom. The summed E-state index contributed by atoms with van der Waals surface area (Å²) < 4.78 is 27.9. The van der Waals surface area contributed by atoms with Crippen LogP contribution in [0.1, 0.15) is 56.9 Å². The average Bonchev–Trinajstić information content (AvgIpc) is 3.78. The standard InChI is InChI=1S/C32H34F2N6O/c33-23-7-9-24(10-8-23)38-19-28(22-5-11-25(12-6-22)40-17-15-31(34,20-35)16-18-40)29(37)26-3-1-2-4-27(26)30(41)39-32(21-36)13-14-32/h5-12,19,26-27,37-38H,1-4,13-18H2,(H,39,41)/b28-19-,37-29?/t26-,27-/m1/s1. The van der Waals surface area contributed by atoms with Gasteiger partial charge in [0.15, 0.2) is 5.67 Å². The van der Waals surface area contributed by atoms with Crippen LogP contribution in [0.15, 0.2) is 54.7 Å². The van der Waals surface area contributed by atoms with Crippen molar-refractivity contribution in [1.29, 1.82) is 15.9 Å². The van der Waals surface area contributed by atoms with Crippen molar-refractivity contribution in [3.8, 4) is 12.1 Å². The van der Waals surface area contributed by atoms with Crippen molar-refractivity contribution in [3.05, 3.63) is 66.1 Å². The van der Waals surface area contributed by atoms with Gasteiger partial charge in [-0.1, -0.05) is 25.0 Å². The number of nitrogens with zero attached hydrogens (tertiary/aromatic N) is 3. The first-order chi connectivity index (χ1) is 19.7. The van der Waals surface area contributed by atoms with E-state index in [0.717, 1.165) is 24.1 Å². The number of carbonyl (C=O) groups excluding carboxylic acids is 1. The Morgan fingerprint density at radius 2 is 1.59 bits per heavy atom. The highest BCUT2D eigenvalue weighted by Gasteiger charge is 2.47. The van der Waals surface area contributed by atoms with E-state index in [-0.39, 0.29) is 30.5 Å². The molecular weight excluding hydrogens is 522 g/mol. The molecule has 1 saturated heterocycles. The predicted molar refractivity (Wildman–Crippen MR) is 154 cm³/mol. The van der Waals surface area contributed by atoms with Crippen LogP contribution in [0.25, 0.3) is 5.57 Å². The molecule has 3 fully saturated rings. The minimum Gasteiger partial charge on any atom is -0.371 e. The van der Waals surface area contributed by atoms with E-state index in [1.165, 1.54) is 12.1 Å². The third kappa shape index (κ3) is 6.41. The molecule has 2 aromatic rings. The lowest BCUT2D eigenvalue weighted by atomic mass is 9.73. The molecule has 0 spiro atoms. The second kappa shape index (κ2) is 11.7. The van der Waals surface area contributed by atoms with Crippen molar-refractivity contribution in [3.63, 3.8) is 0 Å². The number of amides is 1. The van der Waals surface area contributed by atoms with Gasteiger partial charge in [0.05, 0.1) is 6.07 Å². The topological polar surface area (TPSA) is 116 Å². The summed E-state index contributed by atoms with van der Waals surface area (Å²) in [4.78, 5) is 15.4. The zero-order valence-electron chi connectivity index (χ0n) is 22.9. The Bertz CT molecular complexity index is 1390. The molecule has 2 aromatic carbocycles. The van der Waals surface area contributed by atoms with Crippen molar-refractivity contribution in [2.75, 3.05) is 23.3 Å². The second-order valence-corrected chi connectivity index (χ2v) is 11.4. The summed E-state index contributed by atoms with van der Waals surface area (Å²) in [5, 5.41) is 34.0. The lowest BCUT2D eigenvalue weighted by molar-refractivity contribution is -0.127. The molecule has 0 radical (unpaired) electrons. The maximum absolute atomic E-state index is 14.4. The Hall–Kier alpha value is -4.24. The lowest BCUT2D eigenvalue weighted by Gasteiger charge is -2.34. The fraction of sp³-hybridized carbons (Fsp3) is 0.438. The van der Waals surface area contributed by atoms with Crippen LogP contribution >= 0.6 is 0 Å². The summed E-state index contributed by atoms with van der Waals surface area (Å²) >= 11 is 0. The first-order valence-corrected chi connectivity index (χ1v) is 14.2. The molecule has 3 aliphatic rings. The number of nitrogens with one attached hydrogen (secondary N) is 3. The smallest absolute Gasteiger partial charge is 0.225 e. The minimum absolute atomic E-state index is 0.154. The van der Waals surface area contributed by atoms with E-state index in [0.29, 0.717) is 55.7 Å². The Balaban J connectivity index is 1.40. The molecule has 5 rings (SSSR count). The van der Waals surface area contributed by atoms with Gasteiger partial charge >= 0.3 is 0 Å². The molecule has 7 nitrogen and oxygen atoms in total. The highest BCUT2D eigenvalue weighted by molar-refractivity contribution is 6.24. The predicted octanol–water partition coefficient (Wildman–Crippen LogP) is 6.11. The molecule has 2 aliphatic carbocycles. The summed E-state index contributed by atoms with van der Waals surface area (Å²) in [6.45, 7) is 0.883. The van der Waals surface area contributed by atoms with Gasteiger partial charge in [-0.15, -0.1) is 0 Å². The summed E-state index contributed by atoms with van der Waals surface area (Å²) in [7, 11) is 0. The van der Waals surface area contributed by atoms with E-state index in [2.05, 4.69) is 21.6 Å². The molecule has 41 heavy (non-hydrogen) atoms. The number of hydrogen-bond acceptors (Lipinski definition) is 6. The van der Waals surface area contributed by atoms with Crippen LogP contribution in [-0.4, -0.2) is 35.9 Å². The second-order valence-electron chi connectivity index (χ2n) is 11.4. The van der Waals surface area contributed by atoms with Gasteiger partial charge in [-0.3, -0.25) is 4.79 Å². The van der Waals surface area contributed by atoms with E-state index in [4.69, 9.17) is 5.26 Å². The monoisotopic (exact) mass is 556 g/mol. The van der Waals surface area contributed by atoms with Gasteiger partial charge in [-0.25, -0.2) is 8.78 Å². The van der Waals surface area contributed by atoms with Crippen molar-refractivity contribution in [2.24, 2.45) is 11.8 Å². The van der Waals surface area contributed by atoms with Crippen molar-refractivity contribution in [1.82, 2.24) is 5.32 Å². The fourth-order valence-corrected chi connectivity index (χ4v) is 5.81. The maximum Gasteiger partial charge on any atom is 0.225 e. The van der Waals surface area contributed by atoms with Crippen LogP contribution in [0.5, 0.6) is 0 Å². The number of rotatable bonds is 8.